The Morgan fingerprint density at radius 2 is 2.29 bits per heavy atom. The molecule has 2 heterocycles. The summed E-state index contributed by atoms with van der Waals surface area (Å²) < 4.78 is 1.80. The van der Waals surface area contributed by atoms with Crippen LogP contribution in [0.15, 0.2) is 27.8 Å². The second-order valence-corrected chi connectivity index (χ2v) is 4.15. The van der Waals surface area contributed by atoms with Crippen molar-refractivity contribution >= 4 is 22.1 Å². The Hall–Kier alpha value is -1.09. The van der Waals surface area contributed by atoms with Gasteiger partial charge in [-0.05, 0) is 23.3 Å². The lowest BCUT2D eigenvalue weighted by molar-refractivity contribution is 0.617. The molecule has 2 aromatic heterocycles. The number of unbranched alkanes of at least 4 members (excludes halogenated alkanes) is 1. The third-order valence-electron chi connectivity index (χ3n) is 2.37. The van der Waals surface area contributed by atoms with Gasteiger partial charge < -0.3 is 4.57 Å². The van der Waals surface area contributed by atoms with Crippen molar-refractivity contribution in [2.75, 3.05) is 0 Å². The van der Waals surface area contributed by atoms with E-state index in [4.69, 9.17) is 0 Å². The Bertz CT molecular complexity index is 483. The van der Waals surface area contributed by atoms with Crippen LogP contribution in [0, 0.1) is 0 Å². The highest BCUT2D eigenvalue weighted by Crippen LogP contribution is 2.14. The minimum Gasteiger partial charge on any atom is -0.315 e. The largest absolute Gasteiger partial charge is 0.315 e. The average molecular weight is 207 g/mol. The molecule has 0 aliphatic carbocycles. The fraction of sp³-hybridized carbons (Fsp3) is 0.364. The average Bonchev–Trinajstić information content (AvgIpc) is 2.66. The standard InChI is InChI=1S/C11H13NOS/c1-2-3-5-12-6-4-9-7-14-8-10(9)11(12)13/h4,6-8H,2-3,5H2,1H3. The lowest BCUT2D eigenvalue weighted by Gasteiger charge is -2.03. The Kier molecular flexibility index (Phi) is 2.68. The van der Waals surface area contributed by atoms with E-state index in [9.17, 15) is 4.79 Å². The zero-order valence-electron chi connectivity index (χ0n) is 8.19. The summed E-state index contributed by atoms with van der Waals surface area (Å²) >= 11 is 1.59. The Labute approximate surface area is 86.8 Å². The van der Waals surface area contributed by atoms with E-state index in [0.29, 0.717) is 0 Å². The quantitative estimate of drug-likeness (QED) is 0.758. The van der Waals surface area contributed by atoms with Crippen LogP contribution in [0.4, 0.5) is 0 Å². The fourth-order valence-electron chi connectivity index (χ4n) is 1.51. The highest BCUT2D eigenvalue weighted by atomic mass is 32.1. The van der Waals surface area contributed by atoms with Gasteiger partial charge in [0.1, 0.15) is 0 Å². The van der Waals surface area contributed by atoms with Crippen LogP contribution < -0.4 is 5.56 Å². The van der Waals surface area contributed by atoms with E-state index in [1.165, 1.54) is 0 Å². The topological polar surface area (TPSA) is 22.0 Å². The lowest BCUT2D eigenvalue weighted by atomic mass is 10.2. The van der Waals surface area contributed by atoms with Crippen LogP contribution in [0.25, 0.3) is 10.8 Å². The molecular formula is C11H13NOS. The number of thiophene rings is 1. The molecule has 14 heavy (non-hydrogen) atoms. The van der Waals surface area contributed by atoms with E-state index in [0.717, 1.165) is 30.2 Å². The molecule has 0 saturated heterocycles. The molecule has 0 radical (unpaired) electrons. The zero-order valence-corrected chi connectivity index (χ0v) is 9.01. The van der Waals surface area contributed by atoms with Gasteiger partial charge in [0.2, 0.25) is 0 Å². The van der Waals surface area contributed by atoms with Gasteiger partial charge in [-0.2, -0.15) is 11.3 Å². The van der Waals surface area contributed by atoms with Gasteiger partial charge in [0.05, 0.1) is 5.39 Å². The van der Waals surface area contributed by atoms with Crippen LogP contribution in [-0.2, 0) is 6.54 Å². The number of nitrogens with zero attached hydrogens (tertiary/aromatic N) is 1. The maximum absolute atomic E-state index is 11.9. The molecule has 0 aliphatic heterocycles. The van der Waals surface area contributed by atoms with E-state index in [1.54, 1.807) is 15.9 Å². The Morgan fingerprint density at radius 3 is 3.07 bits per heavy atom. The van der Waals surface area contributed by atoms with Crippen molar-refractivity contribution in [1.29, 1.82) is 0 Å². The van der Waals surface area contributed by atoms with Crippen molar-refractivity contribution in [1.82, 2.24) is 4.57 Å². The third kappa shape index (κ3) is 1.60. The van der Waals surface area contributed by atoms with E-state index in [-0.39, 0.29) is 5.56 Å². The van der Waals surface area contributed by atoms with Crippen LogP contribution in [0.2, 0.25) is 0 Å². The van der Waals surface area contributed by atoms with Crippen molar-refractivity contribution in [3.8, 4) is 0 Å². The van der Waals surface area contributed by atoms with Crippen LogP contribution >= 0.6 is 11.3 Å². The highest BCUT2D eigenvalue weighted by Gasteiger charge is 2.02. The van der Waals surface area contributed by atoms with Crippen molar-refractivity contribution in [3.05, 3.63) is 33.4 Å². The summed E-state index contributed by atoms with van der Waals surface area (Å²) in [6, 6.07) is 2.02. The maximum atomic E-state index is 11.9. The maximum Gasteiger partial charge on any atom is 0.259 e. The number of fused-ring (bicyclic) bond motifs is 1. The van der Waals surface area contributed by atoms with E-state index >= 15 is 0 Å². The summed E-state index contributed by atoms with van der Waals surface area (Å²) in [5, 5.41) is 5.86. The normalized spacial score (nSPS) is 10.9. The first-order valence-corrected chi connectivity index (χ1v) is 5.82. The number of hydrogen-bond donors (Lipinski definition) is 0. The third-order valence-corrected chi connectivity index (χ3v) is 3.13. The summed E-state index contributed by atoms with van der Waals surface area (Å²) in [5.41, 5.74) is 0.150. The molecule has 0 aliphatic rings. The van der Waals surface area contributed by atoms with Crippen LogP contribution in [0.1, 0.15) is 19.8 Å². The van der Waals surface area contributed by atoms with Gasteiger partial charge in [0.25, 0.3) is 5.56 Å². The molecule has 0 aromatic carbocycles. The number of pyridine rings is 1. The molecule has 0 bridgehead atoms. The molecule has 0 fully saturated rings. The molecule has 2 rings (SSSR count). The number of aryl methyl sites for hydroxylation is 1. The van der Waals surface area contributed by atoms with Gasteiger partial charge in [0.15, 0.2) is 0 Å². The zero-order chi connectivity index (χ0) is 9.97. The molecule has 0 amide bonds. The first-order valence-electron chi connectivity index (χ1n) is 4.88. The first-order chi connectivity index (χ1) is 6.83. The van der Waals surface area contributed by atoms with Gasteiger partial charge >= 0.3 is 0 Å². The molecule has 0 unspecified atom stereocenters. The summed E-state index contributed by atoms with van der Waals surface area (Å²) in [6.45, 7) is 2.97. The molecular weight excluding hydrogens is 194 g/mol. The molecule has 0 N–H and O–H groups in total. The summed E-state index contributed by atoms with van der Waals surface area (Å²) in [7, 11) is 0. The van der Waals surface area contributed by atoms with Gasteiger partial charge in [-0.1, -0.05) is 13.3 Å². The van der Waals surface area contributed by atoms with Gasteiger partial charge in [0, 0.05) is 18.1 Å². The Morgan fingerprint density at radius 1 is 1.43 bits per heavy atom. The fourth-order valence-corrected chi connectivity index (χ4v) is 2.30. The van der Waals surface area contributed by atoms with E-state index in [2.05, 4.69) is 6.92 Å². The minimum absolute atomic E-state index is 0.150. The first kappa shape index (κ1) is 9.46. The highest BCUT2D eigenvalue weighted by molar-refractivity contribution is 7.09. The number of aromatic nitrogens is 1. The summed E-state index contributed by atoms with van der Waals surface area (Å²) in [4.78, 5) is 11.9. The predicted molar refractivity (Wildman–Crippen MR) is 61.0 cm³/mol. The lowest BCUT2D eigenvalue weighted by Crippen LogP contribution is -2.18. The summed E-state index contributed by atoms with van der Waals surface area (Å²) in [6.07, 6.45) is 4.08. The van der Waals surface area contributed by atoms with Crippen molar-refractivity contribution in [2.45, 2.75) is 26.3 Å². The summed E-state index contributed by atoms with van der Waals surface area (Å²) in [5.74, 6) is 0. The predicted octanol–water partition coefficient (Wildman–Crippen LogP) is 2.86. The molecule has 0 saturated carbocycles. The van der Waals surface area contributed by atoms with E-state index < -0.39 is 0 Å². The second kappa shape index (κ2) is 3.96. The monoisotopic (exact) mass is 207 g/mol. The van der Waals surface area contributed by atoms with Crippen LogP contribution in [-0.4, -0.2) is 4.57 Å². The molecule has 0 atom stereocenters. The van der Waals surface area contributed by atoms with E-state index in [1.807, 2.05) is 23.0 Å². The molecule has 74 valence electrons. The molecule has 0 spiro atoms. The second-order valence-electron chi connectivity index (χ2n) is 3.41. The Balaban J connectivity index is 2.46. The van der Waals surface area contributed by atoms with Crippen molar-refractivity contribution in [3.63, 3.8) is 0 Å². The van der Waals surface area contributed by atoms with Gasteiger partial charge in [-0.3, -0.25) is 4.79 Å². The van der Waals surface area contributed by atoms with Crippen molar-refractivity contribution in [2.24, 2.45) is 0 Å². The van der Waals surface area contributed by atoms with Crippen LogP contribution in [0.5, 0.6) is 0 Å². The van der Waals surface area contributed by atoms with Gasteiger partial charge in [-0.15, -0.1) is 0 Å². The molecule has 2 aromatic rings. The SMILES string of the molecule is CCCCn1ccc2cscc2c1=O. The minimum atomic E-state index is 0.150. The van der Waals surface area contributed by atoms with Gasteiger partial charge in [-0.25, -0.2) is 0 Å². The number of hydrogen-bond acceptors (Lipinski definition) is 2. The molecule has 2 nitrogen and oxygen atoms in total. The smallest absolute Gasteiger partial charge is 0.259 e. The number of rotatable bonds is 3. The van der Waals surface area contributed by atoms with Crippen LogP contribution in [0.3, 0.4) is 0 Å². The molecule has 3 heteroatoms. The van der Waals surface area contributed by atoms with Crippen molar-refractivity contribution < 1.29 is 0 Å².